The first-order chi connectivity index (χ1) is 15.1. The van der Waals surface area contributed by atoms with E-state index in [1.54, 1.807) is 13.1 Å². The van der Waals surface area contributed by atoms with Crippen LogP contribution in [0.1, 0.15) is 43.0 Å². The summed E-state index contributed by atoms with van der Waals surface area (Å²) in [7, 11) is 1.74. The molecule has 176 valence electrons. The van der Waals surface area contributed by atoms with E-state index < -0.39 is 0 Å². The van der Waals surface area contributed by atoms with Crippen LogP contribution in [0.3, 0.4) is 0 Å². The van der Waals surface area contributed by atoms with Crippen molar-refractivity contribution < 1.29 is 4.39 Å². The number of nitrogens with zero attached hydrogens (tertiary/aromatic N) is 6. The van der Waals surface area contributed by atoms with Crippen molar-refractivity contribution in [3.8, 4) is 0 Å². The highest BCUT2D eigenvalue weighted by Crippen LogP contribution is 2.24. The molecule has 1 atom stereocenters. The highest BCUT2D eigenvalue weighted by atomic mass is 127. The second-order valence-electron chi connectivity index (χ2n) is 8.21. The van der Waals surface area contributed by atoms with E-state index in [0.717, 1.165) is 69.3 Å². The maximum absolute atomic E-state index is 14.8. The summed E-state index contributed by atoms with van der Waals surface area (Å²) in [6.07, 6.45) is 2.02. The maximum atomic E-state index is 14.8. The van der Waals surface area contributed by atoms with Crippen molar-refractivity contribution in [1.82, 2.24) is 30.3 Å². The van der Waals surface area contributed by atoms with Crippen LogP contribution in [-0.4, -0.2) is 65.4 Å². The Morgan fingerprint density at radius 3 is 2.69 bits per heavy atom. The molecule has 0 bridgehead atoms. The number of aryl methyl sites for hydroxylation is 2. The molecule has 2 N–H and O–H groups in total. The zero-order chi connectivity index (χ0) is 21.8. The number of hydrogen-bond donors (Lipinski definition) is 2. The number of guanidine groups is 1. The SMILES string of the molecule is CCN1CCN(c2ccc(CNC(=NC)NC3CCCn4nc(C)nc43)cc2F)CC1.I. The van der Waals surface area contributed by atoms with Gasteiger partial charge in [-0.2, -0.15) is 5.10 Å². The molecule has 0 radical (unpaired) electrons. The Morgan fingerprint density at radius 2 is 2.00 bits per heavy atom. The number of fused-ring (bicyclic) bond motifs is 1. The molecule has 8 nitrogen and oxygen atoms in total. The van der Waals surface area contributed by atoms with E-state index in [4.69, 9.17) is 0 Å². The number of likely N-dealkylation sites (N-methyl/N-ethyl adjacent to an activating group) is 1. The normalized spacial score (nSPS) is 19.3. The van der Waals surface area contributed by atoms with Crippen molar-refractivity contribution in [2.45, 2.75) is 45.8 Å². The van der Waals surface area contributed by atoms with Crippen LogP contribution in [0.4, 0.5) is 10.1 Å². The van der Waals surface area contributed by atoms with Crippen LogP contribution in [0.5, 0.6) is 0 Å². The summed E-state index contributed by atoms with van der Waals surface area (Å²) in [5.74, 6) is 2.26. The molecular formula is C22H34FIN8. The number of anilines is 1. The van der Waals surface area contributed by atoms with Gasteiger partial charge in [0.1, 0.15) is 17.5 Å². The standard InChI is InChI=1S/C22H33FN8.HI/c1-4-29-10-12-30(13-11-29)20-8-7-17(14-18(20)23)15-25-22(24-3)27-19-6-5-9-31-21(19)26-16(2)28-31;/h7-8,14,19H,4-6,9-13,15H2,1-3H3,(H2,24,25,27);1H. The average molecular weight is 556 g/mol. The average Bonchev–Trinajstić information content (AvgIpc) is 3.18. The maximum Gasteiger partial charge on any atom is 0.191 e. The molecule has 0 aliphatic carbocycles. The van der Waals surface area contributed by atoms with E-state index in [1.807, 2.05) is 23.7 Å². The molecule has 1 saturated heterocycles. The molecule has 2 aliphatic heterocycles. The van der Waals surface area contributed by atoms with Crippen LogP contribution in [0.15, 0.2) is 23.2 Å². The highest BCUT2D eigenvalue weighted by Gasteiger charge is 2.24. The molecule has 3 heterocycles. The van der Waals surface area contributed by atoms with Gasteiger partial charge in [-0.05, 0) is 44.0 Å². The summed E-state index contributed by atoms with van der Waals surface area (Å²) < 4.78 is 16.8. The van der Waals surface area contributed by atoms with Crippen LogP contribution in [-0.2, 0) is 13.1 Å². The van der Waals surface area contributed by atoms with Crippen molar-refractivity contribution in [3.05, 3.63) is 41.2 Å². The molecule has 1 aromatic heterocycles. The van der Waals surface area contributed by atoms with E-state index in [1.165, 1.54) is 0 Å². The van der Waals surface area contributed by atoms with E-state index in [2.05, 4.69) is 42.4 Å². The fourth-order valence-corrected chi connectivity index (χ4v) is 4.37. The number of rotatable bonds is 5. The van der Waals surface area contributed by atoms with Gasteiger partial charge in [0.2, 0.25) is 0 Å². The van der Waals surface area contributed by atoms with Gasteiger partial charge in [0.15, 0.2) is 5.96 Å². The van der Waals surface area contributed by atoms with Crippen molar-refractivity contribution in [3.63, 3.8) is 0 Å². The molecule has 1 aromatic carbocycles. The van der Waals surface area contributed by atoms with Gasteiger partial charge in [0.25, 0.3) is 0 Å². The molecule has 10 heteroatoms. The first kappa shape index (κ1) is 24.7. The van der Waals surface area contributed by atoms with Gasteiger partial charge in [0, 0.05) is 46.3 Å². The molecular weight excluding hydrogens is 522 g/mol. The number of aliphatic imine (C=N–C) groups is 1. The monoisotopic (exact) mass is 556 g/mol. The quantitative estimate of drug-likeness (QED) is 0.336. The van der Waals surface area contributed by atoms with Gasteiger partial charge >= 0.3 is 0 Å². The molecule has 4 rings (SSSR count). The van der Waals surface area contributed by atoms with Gasteiger partial charge in [0.05, 0.1) is 11.7 Å². The third-order valence-electron chi connectivity index (χ3n) is 6.15. The van der Waals surface area contributed by atoms with E-state index in [-0.39, 0.29) is 35.8 Å². The van der Waals surface area contributed by atoms with E-state index in [9.17, 15) is 4.39 Å². The highest BCUT2D eigenvalue weighted by molar-refractivity contribution is 14.0. The molecule has 1 unspecified atom stereocenters. The Labute approximate surface area is 206 Å². The second-order valence-corrected chi connectivity index (χ2v) is 8.21. The zero-order valence-corrected chi connectivity index (χ0v) is 21.5. The predicted octanol–water partition coefficient (Wildman–Crippen LogP) is 2.69. The van der Waals surface area contributed by atoms with Crippen LogP contribution < -0.4 is 15.5 Å². The second kappa shape index (κ2) is 11.3. The third kappa shape index (κ3) is 5.69. The number of nitrogens with one attached hydrogen (secondary N) is 2. The van der Waals surface area contributed by atoms with E-state index in [0.29, 0.717) is 18.2 Å². The van der Waals surface area contributed by atoms with Crippen molar-refractivity contribution in [1.29, 1.82) is 0 Å². The van der Waals surface area contributed by atoms with Gasteiger partial charge in [-0.1, -0.05) is 13.0 Å². The van der Waals surface area contributed by atoms with Crippen LogP contribution >= 0.6 is 24.0 Å². The number of piperazine rings is 1. The number of halogens is 2. The Bertz CT molecular complexity index is 923. The minimum atomic E-state index is -0.164. The Morgan fingerprint density at radius 1 is 1.22 bits per heavy atom. The molecule has 32 heavy (non-hydrogen) atoms. The Balaban J connectivity index is 0.00000289. The Hall–Kier alpha value is -1.95. The number of hydrogen-bond acceptors (Lipinski definition) is 5. The molecule has 0 amide bonds. The summed E-state index contributed by atoms with van der Waals surface area (Å²) in [5.41, 5.74) is 1.58. The van der Waals surface area contributed by atoms with Gasteiger partial charge < -0.3 is 20.4 Å². The predicted molar refractivity (Wildman–Crippen MR) is 136 cm³/mol. The van der Waals surface area contributed by atoms with Gasteiger partial charge in [-0.25, -0.2) is 14.1 Å². The fraction of sp³-hybridized carbons (Fsp3) is 0.591. The molecule has 0 saturated carbocycles. The molecule has 1 fully saturated rings. The lowest BCUT2D eigenvalue weighted by Gasteiger charge is -2.35. The van der Waals surface area contributed by atoms with Crippen molar-refractivity contribution >= 4 is 35.6 Å². The summed E-state index contributed by atoms with van der Waals surface area (Å²) in [6.45, 7) is 10.2. The molecule has 2 aromatic rings. The first-order valence-corrected chi connectivity index (χ1v) is 11.2. The van der Waals surface area contributed by atoms with Crippen LogP contribution in [0, 0.1) is 12.7 Å². The summed E-state index contributed by atoms with van der Waals surface area (Å²) in [6, 6.07) is 5.59. The van der Waals surface area contributed by atoms with Crippen molar-refractivity contribution in [2.24, 2.45) is 4.99 Å². The number of benzene rings is 1. The zero-order valence-electron chi connectivity index (χ0n) is 19.1. The fourth-order valence-electron chi connectivity index (χ4n) is 4.37. The molecule has 2 aliphatic rings. The van der Waals surface area contributed by atoms with Gasteiger partial charge in [-0.15, -0.1) is 24.0 Å². The minimum Gasteiger partial charge on any atom is -0.367 e. The minimum absolute atomic E-state index is 0. The summed E-state index contributed by atoms with van der Waals surface area (Å²) >= 11 is 0. The Kier molecular flexibility index (Phi) is 8.69. The number of aromatic nitrogens is 3. The largest absolute Gasteiger partial charge is 0.367 e. The lowest BCUT2D eigenvalue weighted by Crippen LogP contribution is -2.46. The van der Waals surface area contributed by atoms with Gasteiger partial charge in [-0.3, -0.25) is 4.99 Å². The van der Waals surface area contributed by atoms with Crippen molar-refractivity contribution in [2.75, 3.05) is 44.7 Å². The summed E-state index contributed by atoms with van der Waals surface area (Å²) in [5, 5.41) is 11.2. The smallest absolute Gasteiger partial charge is 0.191 e. The van der Waals surface area contributed by atoms with Crippen LogP contribution in [0.2, 0.25) is 0 Å². The van der Waals surface area contributed by atoms with Crippen LogP contribution in [0.25, 0.3) is 0 Å². The lowest BCUT2D eigenvalue weighted by molar-refractivity contribution is 0.270. The van der Waals surface area contributed by atoms with E-state index >= 15 is 0 Å². The summed E-state index contributed by atoms with van der Waals surface area (Å²) in [4.78, 5) is 13.4. The topological polar surface area (TPSA) is 73.6 Å². The molecule has 0 spiro atoms. The first-order valence-electron chi connectivity index (χ1n) is 11.2. The third-order valence-corrected chi connectivity index (χ3v) is 6.15. The lowest BCUT2D eigenvalue weighted by atomic mass is 10.1.